The van der Waals surface area contributed by atoms with Gasteiger partial charge in [0.1, 0.15) is 5.75 Å². The van der Waals surface area contributed by atoms with Crippen LogP contribution in [0.3, 0.4) is 0 Å². The van der Waals surface area contributed by atoms with E-state index in [9.17, 15) is 9.90 Å². The number of phenolic OH excluding ortho intramolecular Hbond substituents is 1. The number of benzene rings is 2. The number of phenols is 1. The van der Waals surface area contributed by atoms with Gasteiger partial charge in [-0.2, -0.15) is 5.10 Å². The van der Waals surface area contributed by atoms with Gasteiger partial charge >= 0.3 is 0 Å². The molecule has 0 aliphatic heterocycles. The van der Waals surface area contributed by atoms with Crippen molar-refractivity contribution in [1.82, 2.24) is 9.99 Å². The second kappa shape index (κ2) is 7.05. The fourth-order valence-corrected chi connectivity index (χ4v) is 2.73. The second-order valence-electron chi connectivity index (χ2n) is 5.74. The number of nitrogens with one attached hydrogen (secondary N) is 1. The van der Waals surface area contributed by atoms with Gasteiger partial charge in [-0.05, 0) is 56.3 Å². The molecule has 25 heavy (non-hydrogen) atoms. The summed E-state index contributed by atoms with van der Waals surface area (Å²) in [6, 6.07) is 18.1. The van der Waals surface area contributed by atoms with E-state index in [1.165, 1.54) is 12.1 Å². The number of aromatic hydroxyl groups is 1. The Bertz CT molecular complexity index is 910. The number of rotatable bonds is 4. The maximum Gasteiger partial charge on any atom is 0.271 e. The molecule has 0 bridgehead atoms. The lowest BCUT2D eigenvalue weighted by atomic mass is 10.2. The molecule has 1 heterocycles. The Hall–Kier alpha value is -3.34. The Labute approximate surface area is 146 Å². The number of hydrogen-bond acceptors (Lipinski definition) is 3. The Morgan fingerprint density at radius 3 is 2.44 bits per heavy atom. The average molecular weight is 333 g/mol. The number of para-hydroxylation sites is 1. The molecule has 0 spiro atoms. The zero-order valence-electron chi connectivity index (χ0n) is 14.1. The molecule has 0 aliphatic carbocycles. The van der Waals surface area contributed by atoms with Crippen LogP contribution in [0.4, 0.5) is 0 Å². The number of aryl methyl sites for hydroxylation is 1. The summed E-state index contributed by atoms with van der Waals surface area (Å²) < 4.78 is 2.14. The first-order valence-electron chi connectivity index (χ1n) is 7.93. The second-order valence-corrected chi connectivity index (χ2v) is 5.74. The van der Waals surface area contributed by atoms with E-state index in [0.717, 1.165) is 22.6 Å². The molecule has 0 atom stereocenters. The molecule has 0 fully saturated rings. The number of hydrazone groups is 1. The summed E-state index contributed by atoms with van der Waals surface area (Å²) in [5, 5.41) is 13.3. The molecule has 0 saturated heterocycles. The van der Waals surface area contributed by atoms with E-state index >= 15 is 0 Å². The number of carbonyl (C=O) groups excluding carboxylic acids is 1. The molecular formula is C20H19N3O2. The minimum Gasteiger partial charge on any atom is -0.508 e. The zero-order chi connectivity index (χ0) is 17.8. The number of nitrogens with zero attached hydrogens (tertiary/aromatic N) is 2. The Balaban J connectivity index is 1.76. The topological polar surface area (TPSA) is 66.6 Å². The Kier molecular flexibility index (Phi) is 4.66. The van der Waals surface area contributed by atoms with Gasteiger partial charge in [-0.15, -0.1) is 0 Å². The van der Waals surface area contributed by atoms with Gasteiger partial charge in [0.25, 0.3) is 5.91 Å². The summed E-state index contributed by atoms with van der Waals surface area (Å²) in [7, 11) is 0. The summed E-state index contributed by atoms with van der Waals surface area (Å²) >= 11 is 0. The van der Waals surface area contributed by atoms with Crippen molar-refractivity contribution in [3.63, 3.8) is 0 Å². The van der Waals surface area contributed by atoms with Crippen molar-refractivity contribution in [3.05, 3.63) is 83.2 Å². The molecule has 1 aromatic heterocycles. The lowest BCUT2D eigenvalue weighted by Gasteiger charge is -2.08. The van der Waals surface area contributed by atoms with Gasteiger partial charge in [0.05, 0.1) is 6.21 Å². The van der Waals surface area contributed by atoms with Gasteiger partial charge in [-0.3, -0.25) is 4.79 Å². The predicted octanol–water partition coefficient (Wildman–Crippen LogP) is 3.56. The molecule has 0 saturated carbocycles. The molecule has 0 radical (unpaired) electrons. The van der Waals surface area contributed by atoms with E-state index in [0.29, 0.717) is 5.56 Å². The number of aromatic nitrogens is 1. The largest absolute Gasteiger partial charge is 0.508 e. The first-order chi connectivity index (χ1) is 12.1. The molecular weight excluding hydrogens is 314 g/mol. The lowest BCUT2D eigenvalue weighted by Crippen LogP contribution is -2.17. The van der Waals surface area contributed by atoms with Gasteiger partial charge in [0, 0.05) is 28.2 Å². The first kappa shape index (κ1) is 16.5. The highest BCUT2D eigenvalue weighted by atomic mass is 16.3. The molecule has 3 aromatic rings. The van der Waals surface area contributed by atoms with Gasteiger partial charge in [0.15, 0.2) is 0 Å². The maximum absolute atomic E-state index is 12.0. The summed E-state index contributed by atoms with van der Waals surface area (Å²) in [4.78, 5) is 12.0. The molecule has 3 rings (SSSR count). The molecule has 5 nitrogen and oxygen atoms in total. The van der Waals surface area contributed by atoms with Crippen LogP contribution in [0.5, 0.6) is 5.75 Å². The van der Waals surface area contributed by atoms with Crippen LogP contribution in [0.1, 0.15) is 27.3 Å². The van der Waals surface area contributed by atoms with Gasteiger partial charge < -0.3 is 9.67 Å². The highest BCUT2D eigenvalue weighted by Crippen LogP contribution is 2.19. The monoisotopic (exact) mass is 333 g/mol. The fraction of sp³-hybridized carbons (Fsp3) is 0.100. The van der Waals surface area contributed by atoms with Crippen molar-refractivity contribution >= 4 is 12.1 Å². The molecule has 2 aromatic carbocycles. The van der Waals surface area contributed by atoms with E-state index in [2.05, 4.69) is 15.1 Å². The van der Waals surface area contributed by atoms with Crippen LogP contribution in [0.25, 0.3) is 5.69 Å². The van der Waals surface area contributed by atoms with Crippen LogP contribution in [0.2, 0.25) is 0 Å². The highest BCUT2D eigenvalue weighted by Gasteiger charge is 2.09. The minimum absolute atomic E-state index is 0.119. The van der Waals surface area contributed by atoms with Crippen LogP contribution in [0.15, 0.2) is 65.8 Å². The zero-order valence-corrected chi connectivity index (χ0v) is 14.1. The van der Waals surface area contributed by atoms with Crippen LogP contribution in [-0.2, 0) is 0 Å². The van der Waals surface area contributed by atoms with Crippen LogP contribution in [-0.4, -0.2) is 21.8 Å². The Morgan fingerprint density at radius 2 is 1.76 bits per heavy atom. The number of carbonyl (C=O) groups is 1. The first-order valence-corrected chi connectivity index (χ1v) is 7.93. The van der Waals surface area contributed by atoms with E-state index in [1.807, 2.05) is 50.2 Å². The highest BCUT2D eigenvalue weighted by molar-refractivity contribution is 5.95. The van der Waals surface area contributed by atoms with E-state index in [1.54, 1.807) is 18.3 Å². The summed E-state index contributed by atoms with van der Waals surface area (Å²) in [6.45, 7) is 4.05. The quantitative estimate of drug-likeness (QED) is 0.566. The van der Waals surface area contributed by atoms with Crippen molar-refractivity contribution in [2.24, 2.45) is 5.10 Å². The molecule has 1 amide bonds. The molecule has 0 aliphatic rings. The van der Waals surface area contributed by atoms with Crippen LogP contribution >= 0.6 is 0 Å². The van der Waals surface area contributed by atoms with Crippen molar-refractivity contribution in [2.75, 3.05) is 0 Å². The SMILES string of the molecule is Cc1cc(/C=N/NC(=O)c2ccc(O)cc2)c(C)n1-c1ccccc1. The normalized spacial score (nSPS) is 11.0. The third kappa shape index (κ3) is 3.61. The van der Waals surface area contributed by atoms with Crippen molar-refractivity contribution in [1.29, 1.82) is 0 Å². The number of hydrogen-bond donors (Lipinski definition) is 2. The van der Waals surface area contributed by atoms with Crippen molar-refractivity contribution in [3.8, 4) is 11.4 Å². The standard InChI is InChI=1S/C20H19N3O2/c1-14-12-17(15(2)23(14)18-6-4-3-5-7-18)13-21-22-20(25)16-8-10-19(24)11-9-16/h3-13,24H,1-2H3,(H,22,25)/b21-13+. The third-order valence-corrected chi connectivity index (χ3v) is 3.98. The third-order valence-electron chi connectivity index (χ3n) is 3.98. The maximum atomic E-state index is 12.0. The summed E-state index contributed by atoms with van der Waals surface area (Å²) in [6.07, 6.45) is 1.64. The lowest BCUT2D eigenvalue weighted by molar-refractivity contribution is 0.0955. The van der Waals surface area contributed by atoms with Crippen molar-refractivity contribution in [2.45, 2.75) is 13.8 Å². The van der Waals surface area contributed by atoms with Crippen LogP contribution in [0, 0.1) is 13.8 Å². The average Bonchev–Trinajstić information content (AvgIpc) is 2.90. The molecule has 126 valence electrons. The molecule has 0 unspecified atom stereocenters. The van der Waals surface area contributed by atoms with Crippen LogP contribution < -0.4 is 5.43 Å². The predicted molar refractivity (Wildman–Crippen MR) is 98.4 cm³/mol. The fourth-order valence-electron chi connectivity index (χ4n) is 2.73. The van der Waals surface area contributed by atoms with Gasteiger partial charge in [0.2, 0.25) is 0 Å². The van der Waals surface area contributed by atoms with Crippen molar-refractivity contribution < 1.29 is 9.90 Å². The van der Waals surface area contributed by atoms with Gasteiger partial charge in [-0.25, -0.2) is 5.43 Å². The van der Waals surface area contributed by atoms with E-state index < -0.39 is 0 Å². The smallest absolute Gasteiger partial charge is 0.271 e. The minimum atomic E-state index is -0.326. The van der Waals surface area contributed by atoms with E-state index in [-0.39, 0.29) is 11.7 Å². The van der Waals surface area contributed by atoms with E-state index in [4.69, 9.17) is 0 Å². The Morgan fingerprint density at radius 1 is 1.08 bits per heavy atom. The molecule has 5 heteroatoms. The van der Waals surface area contributed by atoms with Gasteiger partial charge in [-0.1, -0.05) is 18.2 Å². The summed E-state index contributed by atoms with van der Waals surface area (Å²) in [5.41, 5.74) is 7.10. The molecule has 2 N–H and O–H groups in total. The number of amides is 1. The summed E-state index contributed by atoms with van der Waals surface area (Å²) in [5.74, 6) is -0.207.